The van der Waals surface area contributed by atoms with Gasteiger partial charge in [0.25, 0.3) is 0 Å². The van der Waals surface area contributed by atoms with Gasteiger partial charge in [-0.3, -0.25) is 4.98 Å². The summed E-state index contributed by atoms with van der Waals surface area (Å²) in [6.07, 6.45) is 3.50. The largest absolute Gasteiger partial charge is 0.454 e. The van der Waals surface area contributed by atoms with Gasteiger partial charge in [0.1, 0.15) is 5.82 Å². The van der Waals surface area contributed by atoms with Crippen LogP contribution in [0.3, 0.4) is 0 Å². The molecule has 1 aliphatic rings. The summed E-state index contributed by atoms with van der Waals surface area (Å²) in [7, 11) is 1.87. The number of hydrogen-bond acceptors (Lipinski definition) is 7. The molecule has 4 heterocycles. The van der Waals surface area contributed by atoms with E-state index in [1.807, 2.05) is 48.8 Å². The zero-order chi connectivity index (χ0) is 18.9. The van der Waals surface area contributed by atoms with E-state index in [0.29, 0.717) is 5.82 Å². The Bertz CT molecular complexity index is 1130. The van der Waals surface area contributed by atoms with Gasteiger partial charge in [0.2, 0.25) is 6.79 Å². The van der Waals surface area contributed by atoms with E-state index in [2.05, 4.69) is 16.4 Å². The highest BCUT2D eigenvalue weighted by atomic mass is 32.1. The van der Waals surface area contributed by atoms with Crippen LogP contribution < -0.4 is 14.8 Å². The average molecular weight is 388 g/mol. The van der Waals surface area contributed by atoms with E-state index >= 15 is 0 Å². The third-order valence-corrected chi connectivity index (χ3v) is 5.37. The van der Waals surface area contributed by atoms with Crippen molar-refractivity contribution in [2.45, 2.75) is 0 Å². The molecule has 0 fully saturated rings. The van der Waals surface area contributed by atoms with E-state index in [0.717, 1.165) is 44.6 Å². The minimum absolute atomic E-state index is 0.239. The van der Waals surface area contributed by atoms with Gasteiger partial charge in [-0.2, -0.15) is 0 Å². The van der Waals surface area contributed by atoms with Gasteiger partial charge in [0.05, 0.1) is 11.3 Å². The summed E-state index contributed by atoms with van der Waals surface area (Å²) >= 11 is 1.65. The molecule has 0 radical (unpaired) electrons. The fourth-order valence-electron chi connectivity index (χ4n) is 3.17. The van der Waals surface area contributed by atoms with Crippen LogP contribution in [0.25, 0.3) is 33.1 Å². The quantitative estimate of drug-likeness (QED) is 0.546. The molecule has 6 nitrogen and oxygen atoms in total. The third kappa shape index (κ3) is 2.86. The van der Waals surface area contributed by atoms with Crippen molar-refractivity contribution in [3.8, 4) is 44.6 Å². The Hall–Kier alpha value is -3.45. The number of nitrogens with zero attached hydrogens (tertiary/aromatic N) is 3. The first-order valence-electron chi connectivity index (χ1n) is 8.77. The van der Waals surface area contributed by atoms with Crippen LogP contribution in [0.1, 0.15) is 0 Å². The SMILES string of the molecule is CNc1nc(-c2cccnc2)nc(-c2ccc3c(c2)OCO3)c1-c1cccs1. The Morgan fingerprint density at radius 1 is 1.00 bits per heavy atom. The molecule has 4 aromatic rings. The lowest BCUT2D eigenvalue weighted by Crippen LogP contribution is -2.03. The summed E-state index contributed by atoms with van der Waals surface area (Å²) in [6.45, 7) is 0.239. The molecular weight excluding hydrogens is 372 g/mol. The number of benzene rings is 1. The molecule has 7 heteroatoms. The fraction of sp³-hybridized carbons (Fsp3) is 0.0952. The molecule has 0 amide bonds. The Labute approximate surface area is 165 Å². The van der Waals surface area contributed by atoms with Gasteiger partial charge in [-0.15, -0.1) is 11.3 Å². The van der Waals surface area contributed by atoms with E-state index in [-0.39, 0.29) is 6.79 Å². The maximum Gasteiger partial charge on any atom is 0.231 e. The maximum atomic E-state index is 5.57. The highest BCUT2D eigenvalue weighted by Crippen LogP contribution is 2.42. The summed E-state index contributed by atoms with van der Waals surface area (Å²) in [5, 5.41) is 5.28. The normalized spacial score (nSPS) is 12.2. The number of nitrogens with one attached hydrogen (secondary N) is 1. The Balaban J connectivity index is 1.77. The molecule has 5 rings (SSSR count). The molecular formula is C21H16N4O2S. The monoisotopic (exact) mass is 388 g/mol. The van der Waals surface area contributed by atoms with Crippen molar-refractivity contribution < 1.29 is 9.47 Å². The van der Waals surface area contributed by atoms with Crippen molar-refractivity contribution in [3.63, 3.8) is 0 Å². The van der Waals surface area contributed by atoms with E-state index in [9.17, 15) is 0 Å². The van der Waals surface area contributed by atoms with Gasteiger partial charge in [-0.25, -0.2) is 9.97 Å². The summed E-state index contributed by atoms with van der Waals surface area (Å²) in [6, 6.07) is 13.8. The molecule has 0 spiro atoms. The number of hydrogen-bond donors (Lipinski definition) is 1. The molecule has 1 aliphatic heterocycles. The van der Waals surface area contributed by atoms with Crippen LogP contribution in [0.15, 0.2) is 60.2 Å². The highest BCUT2D eigenvalue weighted by Gasteiger charge is 2.21. The first-order chi connectivity index (χ1) is 13.8. The van der Waals surface area contributed by atoms with Crippen molar-refractivity contribution in [1.29, 1.82) is 0 Å². The van der Waals surface area contributed by atoms with Crippen molar-refractivity contribution >= 4 is 17.2 Å². The second-order valence-corrected chi connectivity index (χ2v) is 7.10. The van der Waals surface area contributed by atoms with Gasteiger partial charge >= 0.3 is 0 Å². The molecule has 0 bridgehead atoms. The number of ether oxygens (including phenoxy) is 2. The second-order valence-electron chi connectivity index (χ2n) is 6.16. The molecule has 0 atom stereocenters. The molecule has 0 saturated heterocycles. The molecule has 28 heavy (non-hydrogen) atoms. The van der Waals surface area contributed by atoms with Crippen LogP contribution in [-0.4, -0.2) is 28.8 Å². The standard InChI is InChI=1S/C21H16N4O2S/c1-22-21-18(17-5-3-9-28-17)19(13-6-7-15-16(10-13)27-12-26-15)24-20(25-21)14-4-2-8-23-11-14/h2-11H,12H2,1H3,(H,22,24,25). The number of thiophene rings is 1. The Morgan fingerprint density at radius 3 is 2.71 bits per heavy atom. The topological polar surface area (TPSA) is 69.2 Å². The van der Waals surface area contributed by atoms with Crippen LogP contribution in [0, 0.1) is 0 Å². The summed E-state index contributed by atoms with van der Waals surface area (Å²) in [5.41, 5.74) is 3.60. The first kappa shape index (κ1) is 16.7. The van der Waals surface area contributed by atoms with Crippen molar-refractivity contribution in [3.05, 3.63) is 60.2 Å². The highest BCUT2D eigenvalue weighted by molar-refractivity contribution is 7.13. The van der Waals surface area contributed by atoms with Gasteiger partial charge in [0, 0.05) is 35.4 Å². The molecule has 3 aromatic heterocycles. The molecule has 0 unspecified atom stereocenters. The maximum absolute atomic E-state index is 5.57. The van der Waals surface area contributed by atoms with E-state index < -0.39 is 0 Å². The number of aromatic nitrogens is 3. The van der Waals surface area contributed by atoms with Gasteiger partial charge in [-0.05, 0) is 41.8 Å². The molecule has 1 N–H and O–H groups in total. The number of anilines is 1. The lowest BCUT2D eigenvalue weighted by atomic mass is 10.0. The zero-order valence-electron chi connectivity index (χ0n) is 15.0. The average Bonchev–Trinajstić information content (AvgIpc) is 3.44. The lowest BCUT2D eigenvalue weighted by Gasteiger charge is -2.15. The predicted octanol–water partition coefficient (Wildman–Crippen LogP) is 4.70. The second kappa shape index (κ2) is 6.94. The van der Waals surface area contributed by atoms with Crippen molar-refractivity contribution in [1.82, 2.24) is 15.0 Å². The summed E-state index contributed by atoms with van der Waals surface area (Å²) in [5.74, 6) is 2.85. The molecule has 0 saturated carbocycles. The summed E-state index contributed by atoms with van der Waals surface area (Å²) in [4.78, 5) is 15.0. The lowest BCUT2D eigenvalue weighted by molar-refractivity contribution is 0.174. The number of rotatable bonds is 4. The zero-order valence-corrected chi connectivity index (χ0v) is 15.9. The fourth-order valence-corrected chi connectivity index (χ4v) is 3.94. The third-order valence-electron chi connectivity index (χ3n) is 4.48. The number of fused-ring (bicyclic) bond motifs is 1. The smallest absolute Gasteiger partial charge is 0.231 e. The van der Waals surface area contributed by atoms with Crippen LogP contribution >= 0.6 is 11.3 Å². The van der Waals surface area contributed by atoms with Crippen LogP contribution in [-0.2, 0) is 0 Å². The number of pyridine rings is 1. The van der Waals surface area contributed by atoms with Crippen LogP contribution in [0.5, 0.6) is 11.5 Å². The summed E-state index contributed by atoms with van der Waals surface area (Å²) < 4.78 is 11.0. The Morgan fingerprint density at radius 2 is 1.93 bits per heavy atom. The van der Waals surface area contributed by atoms with E-state index in [1.54, 1.807) is 23.7 Å². The molecule has 1 aromatic carbocycles. The molecule has 0 aliphatic carbocycles. The van der Waals surface area contributed by atoms with Gasteiger partial charge in [-0.1, -0.05) is 6.07 Å². The Kier molecular flexibility index (Phi) is 4.14. The first-order valence-corrected chi connectivity index (χ1v) is 9.65. The van der Waals surface area contributed by atoms with E-state index in [1.165, 1.54) is 0 Å². The van der Waals surface area contributed by atoms with Crippen LogP contribution in [0.2, 0.25) is 0 Å². The van der Waals surface area contributed by atoms with Crippen LogP contribution in [0.4, 0.5) is 5.82 Å². The van der Waals surface area contributed by atoms with Crippen molar-refractivity contribution in [2.24, 2.45) is 0 Å². The molecule has 138 valence electrons. The minimum Gasteiger partial charge on any atom is -0.454 e. The van der Waals surface area contributed by atoms with Gasteiger partial charge in [0.15, 0.2) is 17.3 Å². The minimum atomic E-state index is 0.239. The van der Waals surface area contributed by atoms with Crippen molar-refractivity contribution in [2.75, 3.05) is 19.2 Å². The predicted molar refractivity (Wildman–Crippen MR) is 110 cm³/mol. The van der Waals surface area contributed by atoms with Gasteiger partial charge < -0.3 is 14.8 Å². The van der Waals surface area contributed by atoms with E-state index in [4.69, 9.17) is 19.4 Å².